The van der Waals surface area contributed by atoms with Crippen molar-refractivity contribution in [3.63, 3.8) is 0 Å². The Bertz CT molecular complexity index is 757. The van der Waals surface area contributed by atoms with Crippen LogP contribution in [0.15, 0.2) is 30.5 Å². The lowest BCUT2D eigenvalue weighted by atomic mass is 10.00. The van der Waals surface area contributed by atoms with Crippen molar-refractivity contribution in [3.8, 4) is 0 Å². The first-order chi connectivity index (χ1) is 12.0. The summed E-state index contributed by atoms with van der Waals surface area (Å²) in [6, 6.07) is 7.47. The van der Waals surface area contributed by atoms with Gasteiger partial charge in [-0.2, -0.15) is 0 Å². The lowest BCUT2D eigenvalue weighted by Crippen LogP contribution is -2.34. The molecule has 0 bridgehead atoms. The van der Waals surface area contributed by atoms with Crippen LogP contribution in [0, 0.1) is 12.8 Å². The zero-order valence-electron chi connectivity index (χ0n) is 14.6. The van der Waals surface area contributed by atoms with E-state index in [1.54, 1.807) is 6.20 Å². The minimum absolute atomic E-state index is 0.184. The van der Waals surface area contributed by atoms with E-state index in [1.807, 2.05) is 31.2 Å². The van der Waals surface area contributed by atoms with Gasteiger partial charge in [0.05, 0.1) is 11.3 Å². The summed E-state index contributed by atoms with van der Waals surface area (Å²) >= 11 is 6.12. The summed E-state index contributed by atoms with van der Waals surface area (Å²) in [4.78, 5) is 23.6. The van der Waals surface area contributed by atoms with Gasteiger partial charge < -0.3 is 10.2 Å². The van der Waals surface area contributed by atoms with Gasteiger partial charge in [-0.25, -0.2) is 9.97 Å². The molecule has 1 aromatic heterocycles. The number of aromatic nitrogens is 2. The molecule has 0 unspecified atom stereocenters. The Morgan fingerprint density at radius 3 is 2.72 bits per heavy atom. The second-order valence-corrected chi connectivity index (χ2v) is 7.02. The topological polar surface area (TPSA) is 58.1 Å². The molecule has 2 heterocycles. The first-order valence-corrected chi connectivity index (χ1v) is 9.02. The van der Waals surface area contributed by atoms with Gasteiger partial charge in [0.15, 0.2) is 0 Å². The molecule has 3 rings (SSSR count). The number of halogens is 1. The first-order valence-electron chi connectivity index (χ1n) is 8.65. The number of anilines is 1. The minimum atomic E-state index is -0.184. The van der Waals surface area contributed by atoms with Gasteiger partial charge in [-0.05, 0) is 37.3 Å². The Labute approximate surface area is 153 Å². The van der Waals surface area contributed by atoms with E-state index in [4.69, 9.17) is 11.6 Å². The molecule has 2 aromatic rings. The Hall–Kier alpha value is -2.14. The van der Waals surface area contributed by atoms with Crippen molar-refractivity contribution in [1.29, 1.82) is 0 Å². The maximum Gasteiger partial charge on any atom is 0.254 e. The van der Waals surface area contributed by atoms with E-state index >= 15 is 0 Å². The van der Waals surface area contributed by atoms with Gasteiger partial charge in [0.25, 0.3) is 5.91 Å². The third-order valence-electron chi connectivity index (χ3n) is 4.67. The Morgan fingerprint density at radius 1 is 1.32 bits per heavy atom. The standard InChI is InChI=1S/C19H23ClN4O/c1-13-7-9-24(10-8-13)19-22-12-16(14(2)23-19)18(25)21-11-15-5-3-4-6-17(15)20/h3-6,12-13H,7-11H2,1-2H3,(H,21,25). The van der Waals surface area contributed by atoms with Crippen LogP contribution in [0.2, 0.25) is 5.02 Å². The van der Waals surface area contributed by atoms with Crippen LogP contribution >= 0.6 is 11.6 Å². The molecule has 132 valence electrons. The predicted octanol–water partition coefficient (Wildman–Crippen LogP) is 3.60. The summed E-state index contributed by atoms with van der Waals surface area (Å²) < 4.78 is 0. The summed E-state index contributed by atoms with van der Waals surface area (Å²) in [6.45, 7) is 6.44. The smallest absolute Gasteiger partial charge is 0.254 e. The van der Waals surface area contributed by atoms with Gasteiger partial charge in [0, 0.05) is 30.9 Å². The van der Waals surface area contributed by atoms with E-state index in [2.05, 4.69) is 27.1 Å². The highest BCUT2D eigenvalue weighted by Crippen LogP contribution is 2.21. The van der Waals surface area contributed by atoms with Gasteiger partial charge in [0.2, 0.25) is 5.95 Å². The summed E-state index contributed by atoms with van der Waals surface area (Å²) in [5.41, 5.74) is 2.08. The number of rotatable bonds is 4. The molecule has 1 aromatic carbocycles. The fraction of sp³-hybridized carbons (Fsp3) is 0.421. The number of nitrogens with one attached hydrogen (secondary N) is 1. The van der Waals surface area contributed by atoms with Crippen LogP contribution in [0.5, 0.6) is 0 Å². The average Bonchev–Trinajstić information content (AvgIpc) is 2.61. The third-order valence-corrected chi connectivity index (χ3v) is 5.04. The SMILES string of the molecule is Cc1nc(N2CCC(C)CC2)ncc1C(=O)NCc1ccccc1Cl. The summed E-state index contributed by atoms with van der Waals surface area (Å²) in [7, 11) is 0. The van der Waals surface area contributed by atoms with Crippen molar-refractivity contribution in [2.24, 2.45) is 5.92 Å². The fourth-order valence-electron chi connectivity index (χ4n) is 2.95. The van der Waals surface area contributed by atoms with E-state index < -0.39 is 0 Å². The van der Waals surface area contributed by atoms with Gasteiger partial charge in [0.1, 0.15) is 0 Å². The molecule has 1 N–H and O–H groups in total. The first kappa shape index (κ1) is 17.7. The van der Waals surface area contributed by atoms with E-state index in [9.17, 15) is 4.79 Å². The lowest BCUT2D eigenvalue weighted by molar-refractivity contribution is 0.0949. The van der Waals surface area contributed by atoms with Crippen LogP contribution < -0.4 is 10.2 Å². The van der Waals surface area contributed by atoms with Crippen molar-refractivity contribution in [3.05, 3.63) is 52.3 Å². The molecule has 0 radical (unpaired) electrons. The predicted molar refractivity (Wildman–Crippen MR) is 100 cm³/mol. The molecule has 1 aliphatic heterocycles. The maximum atomic E-state index is 12.4. The van der Waals surface area contributed by atoms with Crippen LogP contribution in [0.1, 0.15) is 41.4 Å². The number of amides is 1. The maximum absolute atomic E-state index is 12.4. The van der Waals surface area contributed by atoms with Crippen LogP contribution in [0.3, 0.4) is 0 Å². The van der Waals surface area contributed by atoms with Crippen LogP contribution in [0.4, 0.5) is 5.95 Å². The molecule has 25 heavy (non-hydrogen) atoms. The summed E-state index contributed by atoms with van der Waals surface area (Å²) in [5.74, 6) is 1.29. The molecule has 1 amide bonds. The fourth-order valence-corrected chi connectivity index (χ4v) is 3.15. The third kappa shape index (κ3) is 4.28. The molecule has 1 saturated heterocycles. The number of piperidine rings is 1. The number of aryl methyl sites for hydroxylation is 1. The summed E-state index contributed by atoms with van der Waals surface area (Å²) in [5, 5.41) is 3.53. The number of carbonyl (C=O) groups excluding carboxylic acids is 1. The van der Waals surface area contributed by atoms with Crippen LogP contribution in [-0.4, -0.2) is 29.0 Å². The Morgan fingerprint density at radius 2 is 2.04 bits per heavy atom. The van der Waals surface area contributed by atoms with Crippen molar-refractivity contribution in [2.45, 2.75) is 33.2 Å². The number of hydrogen-bond donors (Lipinski definition) is 1. The highest BCUT2D eigenvalue weighted by atomic mass is 35.5. The molecular formula is C19H23ClN4O. The van der Waals surface area contributed by atoms with Gasteiger partial charge >= 0.3 is 0 Å². The van der Waals surface area contributed by atoms with E-state index in [0.29, 0.717) is 28.8 Å². The second kappa shape index (κ2) is 7.83. The Balaban J connectivity index is 1.66. The molecule has 6 heteroatoms. The number of carbonyl (C=O) groups is 1. The monoisotopic (exact) mass is 358 g/mol. The van der Waals surface area contributed by atoms with Gasteiger partial charge in [-0.1, -0.05) is 36.7 Å². The molecular weight excluding hydrogens is 336 g/mol. The van der Waals surface area contributed by atoms with Gasteiger partial charge in [-0.3, -0.25) is 4.79 Å². The zero-order valence-corrected chi connectivity index (χ0v) is 15.4. The van der Waals surface area contributed by atoms with Crippen LogP contribution in [0.25, 0.3) is 0 Å². The van der Waals surface area contributed by atoms with E-state index in [0.717, 1.165) is 37.4 Å². The van der Waals surface area contributed by atoms with Crippen LogP contribution in [-0.2, 0) is 6.54 Å². The number of hydrogen-bond acceptors (Lipinski definition) is 4. The Kier molecular flexibility index (Phi) is 5.53. The van der Waals surface area contributed by atoms with E-state index in [1.165, 1.54) is 0 Å². The van der Waals surface area contributed by atoms with Crippen molar-refractivity contribution in [1.82, 2.24) is 15.3 Å². The molecule has 5 nitrogen and oxygen atoms in total. The van der Waals surface area contributed by atoms with E-state index in [-0.39, 0.29) is 5.91 Å². The largest absolute Gasteiger partial charge is 0.348 e. The lowest BCUT2D eigenvalue weighted by Gasteiger charge is -2.30. The zero-order chi connectivity index (χ0) is 17.8. The van der Waals surface area contributed by atoms with Crippen molar-refractivity contribution >= 4 is 23.5 Å². The second-order valence-electron chi connectivity index (χ2n) is 6.61. The quantitative estimate of drug-likeness (QED) is 0.907. The molecule has 0 aliphatic carbocycles. The highest BCUT2D eigenvalue weighted by Gasteiger charge is 2.19. The van der Waals surface area contributed by atoms with Crippen molar-refractivity contribution in [2.75, 3.05) is 18.0 Å². The normalized spacial score (nSPS) is 15.2. The summed E-state index contributed by atoms with van der Waals surface area (Å²) in [6.07, 6.45) is 3.93. The minimum Gasteiger partial charge on any atom is -0.348 e. The number of benzene rings is 1. The molecule has 1 aliphatic rings. The average molecular weight is 359 g/mol. The van der Waals surface area contributed by atoms with Crippen molar-refractivity contribution < 1.29 is 4.79 Å². The van der Waals surface area contributed by atoms with Gasteiger partial charge in [-0.15, -0.1) is 0 Å². The number of nitrogens with zero attached hydrogens (tertiary/aromatic N) is 3. The molecule has 0 spiro atoms. The molecule has 0 saturated carbocycles. The molecule has 0 atom stereocenters. The highest BCUT2D eigenvalue weighted by molar-refractivity contribution is 6.31. The molecule has 1 fully saturated rings.